The number of rotatable bonds is 6. The minimum Gasteiger partial charge on any atom is -0.329 e. The zero-order valence-electron chi connectivity index (χ0n) is 10.6. The third-order valence-corrected chi connectivity index (χ3v) is 5.78. The van der Waals surface area contributed by atoms with Crippen LogP contribution in [0.5, 0.6) is 0 Å². The lowest BCUT2D eigenvalue weighted by molar-refractivity contribution is 0.242. The van der Waals surface area contributed by atoms with E-state index in [1.807, 2.05) is 6.26 Å². The molecule has 1 aliphatic heterocycles. The van der Waals surface area contributed by atoms with Gasteiger partial charge in [0.05, 0.1) is 0 Å². The van der Waals surface area contributed by atoms with E-state index >= 15 is 0 Å². The molecule has 0 saturated carbocycles. The number of hydrogen-bond donors (Lipinski definition) is 1. The highest BCUT2D eigenvalue weighted by Gasteiger charge is 2.33. The van der Waals surface area contributed by atoms with Gasteiger partial charge in [-0.1, -0.05) is 6.42 Å². The highest BCUT2D eigenvalue weighted by Crippen LogP contribution is 2.21. The van der Waals surface area contributed by atoms with Crippen LogP contribution >= 0.6 is 11.8 Å². The normalized spacial score (nSPS) is 23.2. The summed E-state index contributed by atoms with van der Waals surface area (Å²) in [5.41, 5.74) is 5.66. The van der Waals surface area contributed by atoms with Crippen LogP contribution in [0.1, 0.15) is 19.3 Å². The minimum atomic E-state index is -3.32. The maximum absolute atomic E-state index is 12.3. The van der Waals surface area contributed by atoms with Crippen LogP contribution in [0.2, 0.25) is 0 Å². The molecule has 102 valence electrons. The molecule has 5 nitrogen and oxygen atoms in total. The van der Waals surface area contributed by atoms with Crippen molar-refractivity contribution in [2.24, 2.45) is 5.73 Å². The number of nitrogens with zero attached hydrogens (tertiary/aromatic N) is 2. The summed E-state index contributed by atoms with van der Waals surface area (Å²) < 4.78 is 27.7. The van der Waals surface area contributed by atoms with Crippen LogP contribution in [0.4, 0.5) is 0 Å². The summed E-state index contributed by atoms with van der Waals surface area (Å²) in [5.74, 6) is 0.816. The summed E-state index contributed by atoms with van der Waals surface area (Å²) in [7, 11) is -1.68. The lowest BCUT2D eigenvalue weighted by atomic mass is 10.1. The second kappa shape index (κ2) is 6.94. The van der Waals surface area contributed by atoms with Gasteiger partial charge in [0, 0.05) is 38.5 Å². The Kier molecular flexibility index (Phi) is 6.22. The van der Waals surface area contributed by atoms with E-state index in [9.17, 15) is 8.42 Å². The van der Waals surface area contributed by atoms with Gasteiger partial charge in [-0.3, -0.25) is 0 Å². The molecule has 1 saturated heterocycles. The fraction of sp³-hybridized carbons (Fsp3) is 1.00. The van der Waals surface area contributed by atoms with Gasteiger partial charge in [-0.25, -0.2) is 0 Å². The SMILES string of the molecule is CSCCN(C)S(=O)(=O)N1CCCCC1CN. The van der Waals surface area contributed by atoms with Crippen LogP contribution in [-0.2, 0) is 10.2 Å². The molecule has 0 spiro atoms. The molecular weight excluding hydrogens is 258 g/mol. The molecule has 1 atom stereocenters. The van der Waals surface area contributed by atoms with Crippen LogP contribution in [0.15, 0.2) is 0 Å². The second-order valence-corrected chi connectivity index (χ2v) is 7.29. The summed E-state index contributed by atoms with van der Waals surface area (Å²) in [4.78, 5) is 0. The van der Waals surface area contributed by atoms with Gasteiger partial charge in [-0.05, 0) is 19.1 Å². The van der Waals surface area contributed by atoms with Crippen LogP contribution in [0.25, 0.3) is 0 Å². The summed E-state index contributed by atoms with van der Waals surface area (Å²) in [6, 6.07) is -0.0227. The van der Waals surface area contributed by atoms with Crippen molar-refractivity contribution in [2.45, 2.75) is 25.3 Å². The molecule has 7 heteroatoms. The number of piperidine rings is 1. The highest BCUT2D eigenvalue weighted by atomic mass is 32.2. The molecule has 0 aromatic rings. The van der Waals surface area contributed by atoms with Gasteiger partial charge in [0.15, 0.2) is 0 Å². The lowest BCUT2D eigenvalue weighted by Gasteiger charge is -2.36. The van der Waals surface area contributed by atoms with E-state index in [2.05, 4.69) is 0 Å². The molecule has 1 rings (SSSR count). The zero-order chi connectivity index (χ0) is 12.9. The molecule has 0 aliphatic carbocycles. The summed E-state index contributed by atoms with van der Waals surface area (Å²) in [5, 5.41) is 0. The van der Waals surface area contributed by atoms with Gasteiger partial charge in [0.25, 0.3) is 10.2 Å². The summed E-state index contributed by atoms with van der Waals surface area (Å²) in [6.45, 7) is 1.57. The van der Waals surface area contributed by atoms with Crippen molar-refractivity contribution < 1.29 is 8.42 Å². The molecule has 1 heterocycles. The van der Waals surface area contributed by atoms with Crippen molar-refractivity contribution in [3.63, 3.8) is 0 Å². The first-order valence-corrected chi connectivity index (χ1v) is 8.75. The van der Waals surface area contributed by atoms with Crippen molar-refractivity contribution in [2.75, 3.05) is 38.7 Å². The van der Waals surface area contributed by atoms with Crippen LogP contribution < -0.4 is 5.73 Å². The first kappa shape index (κ1) is 15.2. The van der Waals surface area contributed by atoms with Gasteiger partial charge in [0.1, 0.15) is 0 Å². The van der Waals surface area contributed by atoms with Crippen molar-refractivity contribution >= 4 is 22.0 Å². The van der Waals surface area contributed by atoms with E-state index < -0.39 is 10.2 Å². The standard InChI is InChI=1S/C10H23N3O2S2/c1-12(7-8-16-2)17(14,15)13-6-4-3-5-10(13)9-11/h10H,3-9,11H2,1-2H3. The van der Waals surface area contributed by atoms with Crippen molar-refractivity contribution in [3.05, 3.63) is 0 Å². The maximum atomic E-state index is 12.3. The molecular formula is C10H23N3O2S2. The average Bonchev–Trinajstić information content (AvgIpc) is 2.35. The van der Waals surface area contributed by atoms with Gasteiger partial charge in [0.2, 0.25) is 0 Å². The smallest absolute Gasteiger partial charge is 0.282 e. The van der Waals surface area contributed by atoms with E-state index in [0.717, 1.165) is 25.0 Å². The first-order chi connectivity index (χ1) is 8.04. The van der Waals surface area contributed by atoms with Crippen LogP contribution in [-0.4, -0.2) is 61.8 Å². The molecule has 0 radical (unpaired) electrons. The molecule has 0 aromatic carbocycles. The van der Waals surface area contributed by atoms with E-state index in [-0.39, 0.29) is 6.04 Å². The van der Waals surface area contributed by atoms with Crippen LogP contribution in [0, 0.1) is 0 Å². The Hall–Kier alpha value is 0.180. The third kappa shape index (κ3) is 3.82. The molecule has 0 amide bonds. The average molecular weight is 281 g/mol. The molecule has 1 unspecified atom stereocenters. The predicted octanol–water partition coefficient (Wildman–Crippen LogP) is 0.339. The van der Waals surface area contributed by atoms with E-state index in [4.69, 9.17) is 5.73 Å². The van der Waals surface area contributed by atoms with Gasteiger partial charge >= 0.3 is 0 Å². The molecule has 1 fully saturated rings. The van der Waals surface area contributed by atoms with Gasteiger partial charge < -0.3 is 5.73 Å². The third-order valence-electron chi connectivity index (χ3n) is 3.15. The monoisotopic (exact) mass is 281 g/mol. The molecule has 17 heavy (non-hydrogen) atoms. The Morgan fingerprint density at radius 3 is 2.76 bits per heavy atom. The molecule has 2 N–H and O–H groups in total. The topological polar surface area (TPSA) is 66.6 Å². The number of nitrogens with two attached hydrogens (primary N) is 1. The second-order valence-electron chi connectivity index (χ2n) is 4.32. The highest BCUT2D eigenvalue weighted by molar-refractivity contribution is 7.98. The van der Waals surface area contributed by atoms with Crippen molar-refractivity contribution in [1.82, 2.24) is 8.61 Å². The van der Waals surface area contributed by atoms with Gasteiger partial charge in [-0.15, -0.1) is 0 Å². The number of hydrogen-bond acceptors (Lipinski definition) is 4. The lowest BCUT2D eigenvalue weighted by Crippen LogP contribution is -2.52. The predicted molar refractivity (Wildman–Crippen MR) is 73.3 cm³/mol. The van der Waals surface area contributed by atoms with Gasteiger partial charge in [-0.2, -0.15) is 28.8 Å². The van der Waals surface area contributed by atoms with Crippen molar-refractivity contribution in [3.8, 4) is 0 Å². The Bertz CT molecular complexity index is 322. The minimum absolute atomic E-state index is 0.0227. The van der Waals surface area contributed by atoms with E-state index in [1.165, 1.54) is 4.31 Å². The first-order valence-electron chi connectivity index (χ1n) is 5.96. The molecule has 0 bridgehead atoms. The Balaban J connectivity index is 2.73. The summed E-state index contributed by atoms with van der Waals surface area (Å²) >= 11 is 1.65. The quantitative estimate of drug-likeness (QED) is 0.762. The number of thioether (sulfide) groups is 1. The van der Waals surface area contributed by atoms with E-state index in [1.54, 1.807) is 23.1 Å². The molecule has 1 aliphatic rings. The van der Waals surface area contributed by atoms with E-state index in [0.29, 0.717) is 19.6 Å². The summed E-state index contributed by atoms with van der Waals surface area (Å²) in [6.07, 6.45) is 4.87. The largest absolute Gasteiger partial charge is 0.329 e. The van der Waals surface area contributed by atoms with Crippen molar-refractivity contribution in [1.29, 1.82) is 0 Å². The molecule has 0 aromatic heterocycles. The Morgan fingerprint density at radius 2 is 2.18 bits per heavy atom. The Morgan fingerprint density at radius 1 is 1.47 bits per heavy atom. The van der Waals surface area contributed by atoms with Crippen LogP contribution in [0.3, 0.4) is 0 Å². The fourth-order valence-electron chi connectivity index (χ4n) is 2.03. The fourth-order valence-corrected chi connectivity index (χ4v) is 4.21. The Labute approximate surface area is 109 Å². The maximum Gasteiger partial charge on any atom is 0.282 e. The zero-order valence-corrected chi connectivity index (χ0v) is 12.3.